The van der Waals surface area contributed by atoms with Gasteiger partial charge in [-0.1, -0.05) is 13.8 Å². The number of aliphatic hydroxyl groups is 1. The van der Waals surface area contributed by atoms with Crippen molar-refractivity contribution in [2.24, 2.45) is 5.41 Å². The van der Waals surface area contributed by atoms with Crippen LogP contribution in [-0.2, 0) is 0 Å². The summed E-state index contributed by atoms with van der Waals surface area (Å²) >= 11 is 1.69. The zero-order valence-corrected chi connectivity index (χ0v) is 11.1. The van der Waals surface area contributed by atoms with Crippen LogP contribution in [0.4, 0.5) is 0 Å². The molecule has 1 aliphatic carbocycles. The second-order valence-electron chi connectivity index (χ2n) is 5.31. The van der Waals surface area contributed by atoms with E-state index in [1.807, 2.05) is 6.92 Å². The average molecular weight is 240 g/mol. The first kappa shape index (κ1) is 12.0. The molecule has 0 aliphatic heterocycles. The standard InChI is InChI=1S/C12H20N2OS/c1-7(9-6-16-8(2)14-9)13-10-5-11(15)12(10,3)4/h6-7,10-11,13,15H,5H2,1-4H3. The molecule has 3 atom stereocenters. The van der Waals surface area contributed by atoms with Gasteiger partial charge in [0.15, 0.2) is 0 Å². The van der Waals surface area contributed by atoms with Crippen LogP contribution in [0.15, 0.2) is 5.38 Å². The maximum absolute atomic E-state index is 9.68. The summed E-state index contributed by atoms with van der Waals surface area (Å²) in [5.74, 6) is 0. The first-order chi connectivity index (χ1) is 7.41. The summed E-state index contributed by atoms with van der Waals surface area (Å²) in [6.07, 6.45) is 0.676. The number of thiazole rings is 1. The highest BCUT2D eigenvalue weighted by Gasteiger charge is 2.47. The van der Waals surface area contributed by atoms with Crippen LogP contribution < -0.4 is 5.32 Å². The van der Waals surface area contributed by atoms with Crippen molar-refractivity contribution in [1.82, 2.24) is 10.3 Å². The molecule has 1 aliphatic rings. The van der Waals surface area contributed by atoms with Gasteiger partial charge < -0.3 is 10.4 Å². The lowest BCUT2D eigenvalue weighted by Gasteiger charge is -2.50. The van der Waals surface area contributed by atoms with Crippen molar-refractivity contribution in [2.45, 2.75) is 52.3 Å². The molecule has 0 radical (unpaired) electrons. The topological polar surface area (TPSA) is 45.2 Å². The summed E-state index contributed by atoms with van der Waals surface area (Å²) in [5, 5.41) is 16.4. The van der Waals surface area contributed by atoms with Crippen LogP contribution in [0.2, 0.25) is 0 Å². The number of aromatic nitrogens is 1. The molecule has 1 fully saturated rings. The molecule has 90 valence electrons. The number of rotatable bonds is 3. The molecule has 0 bridgehead atoms. The van der Waals surface area contributed by atoms with Crippen LogP contribution >= 0.6 is 11.3 Å². The van der Waals surface area contributed by atoms with Gasteiger partial charge in [-0.15, -0.1) is 11.3 Å². The molecule has 1 aromatic heterocycles. The lowest BCUT2D eigenvalue weighted by Crippen LogP contribution is -2.60. The molecular weight excluding hydrogens is 220 g/mol. The minimum atomic E-state index is -0.172. The predicted octanol–water partition coefficient (Wildman–Crippen LogP) is 2.26. The second-order valence-corrected chi connectivity index (χ2v) is 6.37. The Bertz CT molecular complexity index is 375. The zero-order chi connectivity index (χ0) is 11.9. The molecule has 2 N–H and O–H groups in total. The largest absolute Gasteiger partial charge is 0.392 e. The van der Waals surface area contributed by atoms with Crippen LogP contribution in [0.3, 0.4) is 0 Å². The van der Waals surface area contributed by atoms with E-state index < -0.39 is 0 Å². The second kappa shape index (κ2) is 4.09. The normalized spacial score (nSPS) is 29.8. The Labute approximate surface area is 101 Å². The summed E-state index contributed by atoms with van der Waals surface area (Å²) in [6, 6.07) is 0.654. The Hall–Kier alpha value is -0.450. The van der Waals surface area contributed by atoms with Gasteiger partial charge in [0.2, 0.25) is 0 Å². The molecule has 3 unspecified atom stereocenters. The van der Waals surface area contributed by atoms with Crippen LogP contribution in [-0.4, -0.2) is 22.2 Å². The van der Waals surface area contributed by atoms with Gasteiger partial charge in [0.05, 0.1) is 16.8 Å². The maximum Gasteiger partial charge on any atom is 0.0898 e. The Balaban J connectivity index is 1.96. The maximum atomic E-state index is 9.68. The predicted molar refractivity (Wildman–Crippen MR) is 66.6 cm³/mol. The molecule has 4 heteroatoms. The van der Waals surface area contributed by atoms with E-state index in [2.05, 4.69) is 36.5 Å². The molecular formula is C12H20N2OS. The molecule has 1 aromatic rings. The number of nitrogens with zero attached hydrogens (tertiary/aromatic N) is 1. The van der Waals surface area contributed by atoms with E-state index in [1.165, 1.54) is 0 Å². The van der Waals surface area contributed by atoms with Crippen molar-refractivity contribution in [2.75, 3.05) is 0 Å². The van der Waals surface area contributed by atoms with Crippen LogP contribution in [0.5, 0.6) is 0 Å². The van der Waals surface area contributed by atoms with Crippen molar-refractivity contribution in [1.29, 1.82) is 0 Å². The first-order valence-corrected chi connectivity index (χ1v) is 6.65. The third-order valence-corrected chi connectivity index (χ3v) is 4.54. The van der Waals surface area contributed by atoms with Crippen molar-refractivity contribution < 1.29 is 5.11 Å². The van der Waals surface area contributed by atoms with E-state index in [4.69, 9.17) is 0 Å². The Morgan fingerprint density at radius 3 is 2.75 bits per heavy atom. The van der Waals surface area contributed by atoms with E-state index >= 15 is 0 Å². The van der Waals surface area contributed by atoms with Gasteiger partial charge in [-0.2, -0.15) is 0 Å². The Morgan fingerprint density at radius 2 is 2.31 bits per heavy atom. The SMILES string of the molecule is Cc1nc(C(C)NC2CC(O)C2(C)C)cs1. The van der Waals surface area contributed by atoms with Gasteiger partial charge in [0, 0.05) is 22.9 Å². The van der Waals surface area contributed by atoms with E-state index in [0.29, 0.717) is 6.04 Å². The Morgan fingerprint density at radius 1 is 1.62 bits per heavy atom. The smallest absolute Gasteiger partial charge is 0.0898 e. The fourth-order valence-corrected chi connectivity index (χ4v) is 2.86. The molecule has 0 spiro atoms. The van der Waals surface area contributed by atoms with Crippen molar-refractivity contribution >= 4 is 11.3 Å². The number of hydrogen-bond donors (Lipinski definition) is 2. The quantitative estimate of drug-likeness (QED) is 0.852. The number of nitrogens with one attached hydrogen (secondary N) is 1. The van der Waals surface area contributed by atoms with Gasteiger partial charge in [-0.3, -0.25) is 0 Å². The summed E-state index contributed by atoms with van der Waals surface area (Å²) in [4.78, 5) is 4.48. The van der Waals surface area contributed by atoms with E-state index in [-0.39, 0.29) is 17.6 Å². The van der Waals surface area contributed by atoms with Crippen molar-refractivity contribution in [3.8, 4) is 0 Å². The lowest BCUT2D eigenvalue weighted by molar-refractivity contribution is -0.0755. The fourth-order valence-electron chi connectivity index (χ4n) is 2.15. The minimum absolute atomic E-state index is 0.0146. The minimum Gasteiger partial charge on any atom is -0.392 e. The molecule has 0 aromatic carbocycles. The van der Waals surface area contributed by atoms with Gasteiger partial charge in [-0.05, 0) is 20.3 Å². The number of hydrogen-bond acceptors (Lipinski definition) is 4. The highest BCUT2D eigenvalue weighted by Crippen LogP contribution is 2.41. The van der Waals surface area contributed by atoms with Crippen LogP contribution in [0, 0.1) is 12.3 Å². The average Bonchev–Trinajstić information content (AvgIpc) is 2.64. The van der Waals surface area contributed by atoms with Gasteiger partial charge in [0.25, 0.3) is 0 Å². The monoisotopic (exact) mass is 240 g/mol. The van der Waals surface area contributed by atoms with Crippen molar-refractivity contribution in [3.63, 3.8) is 0 Å². The highest BCUT2D eigenvalue weighted by molar-refractivity contribution is 7.09. The van der Waals surface area contributed by atoms with Gasteiger partial charge in [0.1, 0.15) is 0 Å². The number of aliphatic hydroxyl groups excluding tert-OH is 1. The molecule has 0 amide bonds. The third kappa shape index (κ3) is 2.01. The molecule has 2 rings (SSSR count). The van der Waals surface area contributed by atoms with Crippen molar-refractivity contribution in [3.05, 3.63) is 16.1 Å². The summed E-state index contributed by atoms with van der Waals surface area (Å²) in [7, 11) is 0. The molecule has 16 heavy (non-hydrogen) atoms. The zero-order valence-electron chi connectivity index (χ0n) is 10.3. The van der Waals surface area contributed by atoms with Crippen LogP contribution in [0.1, 0.15) is 43.9 Å². The molecule has 1 heterocycles. The Kier molecular flexibility index (Phi) is 3.07. The molecule has 3 nitrogen and oxygen atoms in total. The number of aryl methyl sites for hydroxylation is 1. The van der Waals surface area contributed by atoms with E-state index in [0.717, 1.165) is 17.1 Å². The summed E-state index contributed by atoms with van der Waals surface area (Å²) in [5.41, 5.74) is 1.10. The highest BCUT2D eigenvalue weighted by atomic mass is 32.1. The van der Waals surface area contributed by atoms with Crippen LogP contribution in [0.25, 0.3) is 0 Å². The van der Waals surface area contributed by atoms with Gasteiger partial charge in [-0.25, -0.2) is 4.98 Å². The van der Waals surface area contributed by atoms with E-state index in [1.54, 1.807) is 11.3 Å². The summed E-state index contributed by atoms with van der Waals surface area (Å²) in [6.45, 7) is 8.38. The first-order valence-electron chi connectivity index (χ1n) is 5.77. The van der Waals surface area contributed by atoms with Gasteiger partial charge >= 0.3 is 0 Å². The third-order valence-electron chi connectivity index (χ3n) is 3.75. The molecule has 0 saturated heterocycles. The molecule has 1 saturated carbocycles. The summed E-state index contributed by atoms with van der Waals surface area (Å²) < 4.78 is 0. The van der Waals surface area contributed by atoms with E-state index in [9.17, 15) is 5.11 Å². The fraction of sp³-hybridized carbons (Fsp3) is 0.750. The lowest BCUT2D eigenvalue weighted by atomic mass is 9.64.